The number of ether oxygens (including phenoxy) is 2. The summed E-state index contributed by atoms with van der Waals surface area (Å²) >= 11 is 6.12. The molecule has 0 aliphatic rings. The van der Waals surface area contributed by atoms with Crippen LogP contribution in [0.25, 0.3) is 0 Å². The van der Waals surface area contributed by atoms with E-state index in [4.69, 9.17) is 21.1 Å². The van der Waals surface area contributed by atoms with Crippen LogP contribution in [0.15, 0.2) is 18.2 Å². The van der Waals surface area contributed by atoms with Crippen molar-refractivity contribution in [1.82, 2.24) is 5.32 Å². The Kier molecular flexibility index (Phi) is 7.01. The molecule has 0 aromatic heterocycles. The van der Waals surface area contributed by atoms with Crippen LogP contribution in [0.3, 0.4) is 0 Å². The van der Waals surface area contributed by atoms with E-state index in [1.165, 1.54) is 0 Å². The lowest BCUT2D eigenvalue weighted by Crippen LogP contribution is -2.20. The fourth-order valence-electron chi connectivity index (χ4n) is 1.51. The average Bonchev–Trinajstić information content (AvgIpc) is 2.35. The lowest BCUT2D eigenvalue weighted by atomic mass is 10.2. The first-order chi connectivity index (χ1) is 8.29. The summed E-state index contributed by atoms with van der Waals surface area (Å²) in [7, 11) is 1.65. The largest absolute Gasteiger partial charge is 0.496 e. The molecule has 96 valence electrons. The van der Waals surface area contributed by atoms with Gasteiger partial charge in [-0.05, 0) is 18.6 Å². The van der Waals surface area contributed by atoms with Crippen LogP contribution in [0.5, 0.6) is 5.75 Å². The van der Waals surface area contributed by atoms with E-state index in [1.807, 2.05) is 18.2 Å². The van der Waals surface area contributed by atoms with Crippen LogP contribution >= 0.6 is 11.6 Å². The normalized spacial score (nSPS) is 10.5. The molecule has 1 N–H and O–H groups in total. The molecule has 0 spiro atoms. The van der Waals surface area contributed by atoms with Gasteiger partial charge in [-0.1, -0.05) is 24.6 Å². The molecule has 0 bridgehead atoms. The Morgan fingerprint density at radius 1 is 1.29 bits per heavy atom. The van der Waals surface area contributed by atoms with Gasteiger partial charge in [0.15, 0.2) is 0 Å². The second-order valence-electron chi connectivity index (χ2n) is 3.71. The molecule has 0 aliphatic heterocycles. The van der Waals surface area contributed by atoms with Gasteiger partial charge in [-0.3, -0.25) is 0 Å². The Bertz CT molecular complexity index is 331. The van der Waals surface area contributed by atoms with E-state index in [0.717, 1.165) is 42.5 Å². The second kappa shape index (κ2) is 8.34. The first-order valence-electron chi connectivity index (χ1n) is 5.89. The maximum atomic E-state index is 6.12. The second-order valence-corrected chi connectivity index (χ2v) is 4.12. The minimum absolute atomic E-state index is 0.693. The van der Waals surface area contributed by atoms with Crippen molar-refractivity contribution in [1.29, 1.82) is 0 Å². The lowest BCUT2D eigenvalue weighted by molar-refractivity contribution is 0.136. The van der Waals surface area contributed by atoms with E-state index < -0.39 is 0 Å². The van der Waals surface area contributed by atoms with Gasteiger partial charge in [0.25, 0.3) is 0 Å². The van der Waals surface area contributed by atoms with Gasteiger partial charge < -0.3 is 14.8 Å². The quantitative estimate of drug-likeness (QED) is 0.727. The maximum Gasteiger partial charge on any atom is 0.124 e. The van der Waals surface area contributed by atoms with E-state index in [9.17, 15) is 0 Å². The van der Waals surface area contributed by atoms with E-state index >= 15 is 0 Å². The molecule has 0 saturated carbocycles. The molecule has 0 heterocycles. The van der Waals surface area contributed by atoms with Crippen LogP contribution in [0.4, 0.5) is 0 Å². The van der Waals surface area contributed by atoms with E-state index in [2.05, 4.69) is 12.2 Å². The Balaban J connectivity index is 2.35. The molecule has 4 heteroatoms. The monoisotopic (exact) mass is 257 g/mol. The molecule has 1 aromatic carbocycles. The van der Waals surface area contributed by atoms with Crippen molar-refractivity contribution < 1.29 is 9.47 Å². The number of methoxy groups -OCH3 is 1. The Morgan fingerprint density at radius 3 is 2.82 bits per heavy atom. The summed E-state index contributed by atoms with van der Waals surface area (Å²) in [5, 5.41) is 4.01. The predicted octanol–water partition coefficient (Wildman–Crippen LogP) is 2.86. The standard InChI is InChI=1S/C13H20ClNO2/c1-3-8-17-9-7-15-10-11-12(14)5-4-6-13(11)16-2/h4-6,15H,3,7-10H2,1-2H3. The third kappa shape index (κ3) is 4.94. The van der Waals surface area contributed by atoms with Crippen LogP contribution in [-0.4, -0.2) is 26.9 Å². The Labute approximate surface area is 108 Å². The summed E-state index contributed by atoms with van der Waals surface area (Å²) < 4.78 is 10.6. The molecular weight excluding hydrogens is 238 g/mol. The highest BCUT2D eigenvalue weighted by Crippen LogP contribution is 2.25. The molecule has 0 fully saturated rings. The third-order valence-electron chi connectivity index (χ3n) is 2.37. The molecule has 1 aromatic rings. The SMILES string of the molecule is CCCOCCNCc1c(Cl)cccc1OC. The van der Waals surface area contributed by atoms with Gasteiger partial charge in [0, 0.05) is 30.3 Å². The minimum atomic E-state index is 0.693. The molecule has 1 rings (SSSR count). The molecule has 0 atom stereocenters. The highest BCUT2D eigenvalue weighted by molar-refractivity contribution is 6.31. The smallest absolute Gasteiger partial charge is 0.124 e. The summed E-state index contributed by atoms with van der Waals surface area (Å²) in [6.07, 6.45) is 1.05. The molecule has 0 saturated heterocycles. The van der Waals surface area contributed by atoms with Gasteiger partial charge in [-0.25, -0.2) is 0 Å². The lowest BCUT2D eigenvalue weighted by Gasteiger charge is -2.11. The van der Waals surface area contributed by atoms with Crippen LogP contribution in [0, 0.1) is 0 Å². The summed E-state index contributed by atoms with van der Waals surface area (Å²) in [6.45, 7) is 5.15. The minimum Gasteiger partial charge on any atom is -0.496 e. The highest BCUT2D eigenvalue weighted by atomic mass is 35.5. The van der Waals surface area contributed by atoms with Crippen molar-refractivity contribution >= 4 is 11.6 Å². The maximum absolute atomic E-state index is 6.12. The third-order valence-corrected chi connectivity index (χ3v) is 2.72. The molecule has 17 heavy (non-hydrogen) atoms. The van der Waals surface area contributed by atoms with Crippen molar-refractivity contribution in [2.75, 3.05) is 26.9 Å². The number of rotatable bonds is 8. The van der Waals surface area contributed by atoms with Crippen molar-refractivity contribution in [3.63, 3.8) is 0 Å². The molecule has 0 amide bonds. The summed E-state index contributed by atoms with van der Waals surface area (Å²) in [5.41, 5.74) is 0.993. The number of nitrogens with one attached hydrogen (secondary N) is 1. The Hall–Kier alpha value is -0.770. The van der Waals surface area contributed by atoms with Gasteiger partial charge in [0.1, 0.15) is 5.75 Å². The van der Waals surface area contributed by atoms with E-state index in [-0.39, 0.29) is 0 Å². The molecule has 0 unspecified atom stereocenters. The number of hydrogen-bond acceptors (Lipinski definition) is 3. The summed E-state index contributed by atoms with van der Waals surface area (Å²) in [5.74, 6) is 0.819. The number of halogens is 1. The fraction of sp³-hybridized carbons (Fsp3) is 0.538. The number of benzene rings is 1. The van der Waals surface area contributed by atoms with Gasteiger partial charge in [0.05, 0.1) is 13.7 Å². The van der Waals surface area contributed by atoms with Crippen molar-refractivity contribution in [2.45, 2.75) is 19.9 Å². The predicted molar refractivity (Wildman–Crippen MR) is 70.8 cm³/mol. The number of hydrogen-bond donors (Lipinski definition) is 1. The zero-order valence-corrected chi connectivity index (χ0v) is 11.2. The first kappa shape index (κ1) is 14.3. The molecule has 3 nitrogen and oxygen atoms in total. The molecular formula is C13H20ClNO2. The first-order valence-corrected chi connectivity index (χ1v) is 6.27. The van der Waals surface area contributed by atoms with Crippen molar-refractivity contribution in [3.8, 4) is 5.75 Å². The van der Waals surface area contributed by atoms with Crippen LogP contribution in [0.1, 0.15) is 18.9 Å². The molecule has 0 aliphatic carbocycles. The van der Waals surface area contributed by atoms with Crippen LogP contribution < -0.4 is 10.1 Å². The van der Waals surface area contributed by atoms with Crippen molar-refractivity contribution in [3.05, 3.63) is 28.8 Å². The van der Waals surface area contributed by atoms with Crippen LogP contribution in [0.2, 0.25) is 5.02 Å². The van der Waals surface area contributed by atoms with E-state index in [1.54, 1.807) is 7.11 Å². The van der Waals surface area contributed by atoms with E-state index in [0.29, 0.717) is 6.54 Å². The zero-order chi connectivity index (χ0) is 12.5. The van der Waals surface area contributed by atoms with Crippen molar-refractivity contribution in [2.24, 2.45) is 0 Å². The topological polar surface area (TPSA) is 30.5 Å². The summed E-state index contributed by atoms with van der Waals surface area (Å²) in [6, 6.07) is 5.67. The Morgan fingerprint density at radius 2 is 2.12 bits per heavy atom. The fourth-order valence-corrected chi connectivity index (χ4v) is 1.74. The zero-order valence-electron chi connectivity index (χ0n) is 10.5. The average molecular weight is 258 g/mol. The summed E-state index contributed by atoms with van der Waals surface area (Å²) in [4.78, 5) is 0. The van der Waals surface area contributed by atoms with Gasteiger partial charge in [0.2, 0.25) is 0 Å². The molecule has 0 radical (unpaired) electrons. The highest BCUT2D eigenvalue weighted by Gasteiger charge is 2.06. The van der Waals surface area contributed by atoms with Gasteiger partial charge in [-0.15, -0.1) is 0 Å². The van der Waals surface area contributed by atoms with Gasteiger partial charge in [-0.2, -0.15) is 0 Å². The van der Waals surface area contributed by atoms with Gasteiger partial charge >= 0.3 is 0 Å². The van der Waals surface area contributed by atoms with Crippen LogP contribution in [-0.2, 0) is 11.3 Å².